The summed E-state index contributed by atoms with van der Waals surface area (Å²) >= 11 is 1.63. The minimum Gasteiger partial charge on any atom is -0.324 e. The summed E-state index contributed by atoms with van der Waals surface area (Å²) in [5.41, 5.74) is 7.15. The molecule has 1 saturated heterocycles. The maximum atomic E-state index is 11.3. The third kappa shape index (κ3) is 2.80. The first-order chi connectivity index (χ1) is 7.07. The predicted molar refractivity (Wildman–Crippen MR) is 62.6 cm³/mol. The average Bonchev–Trinajstić information content (AvgIpc) is 2.74. The molecule has 3 nitrogen and oxygen atoms in total. The van der Waals surface area contributed by atoms with Crippen molar-refractivity contribution >= 4 is 21.2 Å². The van der Waals surface area contributed by atoms with E-state index in [9.17, 15) is 8.42 Å². The molecular weight excluding hydrogens is 230 g/mol. The van der Waals surface area contributed by atoms with E-state index in [0.717, 1.165) is 18.4 Å². The van der Waals surface area contributed by atoms with E-state index < -0.39 is 9.84 Å². The van der Waals surface area contributed by atoms with E-state index in [-0.39, 0.29) is 12.0 Å². The van der Waals surface area contributed by atoms with E-state index in [2.05, 4.69) is 0 Å². The van der Waals surface area contributed by atoms with E-state index in [1.807, 2.05) is 16.8 Å². The van der Waals surface area contributed by atoms with Gasteiger partial charge in [-0.25, -0.2) is 8.42 Å². The molecule has 2 rings (SSSR count). The molecular formula is C10H15NO2S2. The van der Waals surface area contributed by atoms with Gasteiger partial charge < -0.3 is 5.73 Å². The van der Waals surface area contributed by atoms with Crippen molar-refractivity contribution in [2.75, 3.05) is 11.5 Å². The highest BCUT2D eigenvalue weighted by Crippen LogP contribution is 2.28. The van der Waals surface area contributed by atoms with Crippen LogP contribution < -0.4 is 5.73 Å². The van der Waals surface area contributed by atoms with Crippen molar-refractivity contribution < 1.29 is 8.42 Å². The molecule has 0 aromatic carbocycles. The van der Waals surface area contributed by atoms with E-state index in [0.29, 0.717) is 11.5 Å². The monoisotopic (exact) mass is 245 g/mol. The first-order valence-corrected chi connectivity index (χ1v) is 7.81. The molecule has 0 aliphatic carbocycles. The van der Waals surface area contributed by atoms with Gasteiger partial charge in [-0.05, 0) is 41.1 Å². The van der Waals surface area contributed by atoms with Gasteiger partial charge in [-0.1, -0.05) is 0 Å². The summed E-state index contributed by atoms with van der Waals surface area (Å²) in [6.07, 6.45) is 1.57. The number of rotatable bonds is 3. The lowest BCUT2D eigenvalue weighted by Gasteiger charge is -2.13. The van der Waals surface area contributed by atoms with Gasteiger partial charge in [-0.3, -0.25) is 0 Å². The van der Waals surface area contributed by atoms with Crippen LogP contribution in [0.3, 0.4) is 0 Å². The van der Waals surface area contributed by atoms with Crippen LogP contribution in [0.15, 0.2) is 16.8 Å². The Morgan fingerprint density at radius 2 is 2.40 bits per heavy atom. The second-order valence-corrected chi connectivity index (χ2v) is 7.18. The minimum absolute atomic E-state index is 0.00505. The second-order valence-electron chi connectivity index (χ2n) is 4.17. The first kappa shape index (κ1) is 11.1. The Hall–Kier alpha value is -0.390. The summed E-state index contributed by atoms with van der Waals surface area (Å²) in [6.45, 7) is 0. The third-order valence-electron chi connectivity index (χ3n) is 2.89. The molecule has 2 atom stereocenters. The van der Waals surface area contributed by atoms with Gasteiger partial charge in [0.1, 0.15) is 0 Å². The number of hydrogen-bond donors (Lipinski definition) is 1. The molecule has 2 heterocycles. The van der Waals surface area contributed by atoms with Gasteiger partial charge >= 0.3 is 0 Å². The molecule has 1 aliphatic heterocycles. The molecule has 5 heteroatoms. The summed E-state index contributed by atoms with van der Waals surface area (Å²) in [5.74, 6) is 0.920. The highest BCUT2D eigenvalue weighted by molar-refractivity contribution is 7.91. The van der Waals surface area contributed by atoms with Gasteiger partial charge in [0.25, 0.3) is 0 Å². The van der Waals surface area contributed by atoms with Crippen LogP contribution in [0.2, 0.25) is 0 Å². The summed E-state index contributed by atoms with van der Waals surface area (Å²) in [7, 11) is -2.76. The fraction of sp³-hybridized carbons (Fsp3) is 0.600. The zero-order valence-electron chi connectivity index (χ0n) is 8.43. The van der Waals surface area contributed by atoms with E-state index >= 15 is 0 Å². The van der Waals surface area contributed by atoms with Crippen molar-refractivity contribution in [2.45, 2.75) is 18.9 Å². The lowest BCUT2D eigenvalue weighted by atomic mass is 9.97. The van der Waals surface area contributed by atoms with Crippen molar-refractivity contribution in [3.8, 4) is 0 Å². The maximum absolute atomic E-state index is 11.3. The van der Waals surface area contributed by atoms with Crippen LogP contribution in [-0.4, -0.2) is 19.9 Å². The van der Waals surface area contributed by atoms with E-state index in [4.69, 9.17) is 5.73 Å². The maximum Gasteiger partial charge on any atom is 0.150 e. The van der Waals surface area contributed by atoms with Crippen molar-refractivity contribution in [3.05, 3.63) is 22.4 Å². The van der Waals surface area contributed by atoms with Crippen molar-refractivity contribution in [3.63, 3.8) is 0 Å². The number of sulfone groups is 1. The first-order valence-electron chi connectivity index (χ1n) is 5.05. The molecule has 2 unspecified atom stereocenters. The lowest BCUT2D eigenvalue weighted by Crippen LogP contribution is -2.15. The fourth-order valence-corrected chi connectivity index (χ4v) is 4.64. The Labute approximate surface area is 94.2 Å². The number of hydrogen-bond acceptors (Lipinski definition) is 4. The molecule has 15 heavy (non-hydrogen) atoms. The van der Waals surface area contributed by atoms with E-state index in [1.165, 1.54) is 0 Å². The molecule has 84 valence electrons. The Bertz CT molecular complexity index is 411. The van der Waals surface area contributed by atoms with Gasteiger partial charge in [0, 0.05) is 6.04 Å². The molecule has 1 fully saturated rings. The lowest BCUT2D eigenvalue weighted by molar-refractivity contribution is 0.482. The van der Waals surface area contributed by atoms with Gasteiger partial charge in [-0.2, -0.15) is 11.3 Å². The van der Waals surface area contributed by atoms with Gasteiger partial charge in [0.05, 0.1) is 11.5 Å². The number of nitrogens with two attached hydrogens (primary N) is 1. The normalized spacial score (nSPS) is 26.6. The predicted octanol–water partition coefficient (Wildman–Crippen LogP) is 1.57. The van der Waals surface area contributed by atoms with Crippen LogP contribution >= 0.6 is 11.3 Å². The molecule has 0 amide bonds. The highest BCUT2D eigenvalue weighted by atomic mass is 32.2. The zero-order valence-corrected chi connectivity index (χ0v) is 10.1. The summed E-state index contributed by atoms with van der Waals surface area (Å²) < 4.78 is 22.5. The molecule has 0 spiro atoms. The van der Waals surface area contributed by atoms with Crippen molar-refractivity contribution in [1.29, 1.82) is 0 Å². The Kier molecular flexibility index (Phi) is 3.13. The topological polar surface area (TPSA) is 60.2 Å². The molecule has 0 radical (unpaired) electrons. The number of thiophene rings is 1. The smallest absolute Gasteiger partial charge is 0.150 e. The largest absolute Gasteiger partial charge is 0.324 e. The van der Waals surface area contributed by atoms with Crippen LogP contribution in [0.5, 0.6) is 0 Å². The molecule has 1 aromatic rings. The van der Waals surface area contributed by atoms with Gasteiger partial charge in [0.15, 0.2) is 9.84 Å². The van der Waals surface area contributed by atoms with Crippen LogP contribution in [0, 0.1) is 5.92 Å². The molecule has 1 aromatic heterocycles. The highest BCUT2D eigenvalue weighted by Gasteiger charge is 2.29. The minimum atomic E-state index is -2.76. The summed E-state index contributed by atoms with van der Waals surface area (Å²) in [5, 5.41) is 4.04. The third-order valence-corrected chi connectivity index (χ3v) is 5.42. The van der Waals surface area contributed by atoms with Crippen LogP contribution in [0.25, 0.3) is 0 Å². The Morgan fingerprint density at radius 1 is 1.60 bits per heavy atom. The van der Waals surface area contributed by atoms with E-state index in [1.54, 1.807) is 11.3 Å². The molecule has 0 saturated carbocycles. The van der Waals surface area contributed by atoms with Crippen LogP contribution in [0.4, 0.5) is 0 Å². The van der Waals surface area contributed by atoms with Crippen LogP contribution in [-0.2, 0) is 9.84 Å². The van der Waals surface area contributed by atoms with Crippen molar-refractivity contribution in [1.82, 2.24) is 0 Å². The second kappa shape index (κ2) is 4.23. The summed E-state index contributed by atoms with van der Waals surface area (Å²) in [4.78, 5) is 0. The standard InChI is InChI=1S/C10H15NO2S2/c11-10(9-1-3-14-6-9)5-8-2-4-15(12,13)7-8/h1,3,6,8,10H,2,4-5,7,11H2. The average molecular weight is 245 g/mol. The fourth-order valence-electron chi connectivity index (χ4n) is 2.04. The van der Waals surface area contributed by atoms with Gasteiger partial charge in [-0.15, -0.1) is 0 Å². The van der Waals surface area contributed by atoms with Gasteiger partial charge in [0.2, 0.25) is 0 Å². The Morgan fingerprint density at radius 3 is 2.93 bits per heavy atom. The van der Waals surface area contributed by atoms with Crippen LogP contribution in [0.1, 0.15) is 24.4 Å². The quantitative estimate of drug-likeness (QED) is 0.879. The molecule has 1 aliphatic rings. The zero-order chi connectivity index (χ0) is 10.9. The molecule has 2 N–H and O–H groups in total. The summed E-state index contributed by atoms with van der Waals surface area (Å²) in [6, 6.07) is 2.01. The Balaban J connectivity index is 1.94. The SMILES string of the molecule is NC(CC1CCS(=O)(=O)C1)c1ccsc1. The molecule has 0 bridgehead atoms. The van der Waals surface area contributed by atoms with Crippen molar-refractivity contribution in [2.24, 2.45) is 11.7 Å².